The van der Waals surface area contributed by atoms with Gasteiger partial charge in [-0.1, -0.05) is 5.92 Å². The van der Waals surface area contributed by atoms with Crippen molar-refractivity contribution in [3.63, 3.8) is 0 Å². The van der Waals surface area contributed by atoms with Crippen LogP contribution in [0.5, 0.6) is 0 Å². The van der Waals surface area contributed by atoms with Crippen LogP contribution in [-0.2, 0) is 9.47 Å². The highest BCUT2D eigenvalue weighted by Crippen LogP contribution is 2.06. The van der Waals surface area contributed by atoms with Crippen molar-refractivity contribution in [1.29, 1.82) is 0 Å². The smallest absolute Gasteiger partial charge is 0.407 e. The van der Waals surface area contributed by atoms with E-state index in [0.717, 1.165) is 12.8 Å². The molecule has 0 rings (SSSR count). The van der Waals surface area contributed by atoms with Gasteiger partial charge in [0.25, 0.3) is 0 Å². The van der Waals surface area contributed by atoms with E-state index in [1.54, 1.807) is 0 Å². The van der Waals surface area contributed by atoms with Crippen molar-refractivity contribution in [1.82, 2.24) is 5.32 Å². The predicted molar refractivity (Wildman–Crippen MR) is 63.1 cm³/mol. The molecule has 0 saturated carbocycles. The van der Waals surface area contributed by atoms with Crippen molar-refractivity contribution in [3.05, 3.63) is 0 Å². The molecular formula is C12H21NO3. The summed E-state index contributed by atoms with van der Waals surface area (Å²) < 4.78 is 10.2. The number of rotatable bonds is 6. The van der Waals surface area contributed by atoms with E-state index in [1.165, 1.54) is 0 Å². The molecule has 0 fully saturated rings. The van der Waals surface area contributed by atoms with E-state index >= 15 is 0 Å². The zero-order valence-electron chi connectivity index (χ0n) is 10.3. The fraction of sp³-hybridized carbons (Fsp3) is 0.750. The van der Waals surface area contributed by atoms with E-state index in [0.29, 0.717) is 19.8 Å². The third-order valence-electron chi connectivity index (χ3n) is 1.57. The molecule has 0 heterocycles. The molecule has 4 heteroatoms. The summed E-state index contributed by atoms with van der Waals surface area (Å²) in [5.74, 6) is 2.39. The van der Waals surface area contributed by atoms with Crippen molar-refractivity contribution in [2.45, 2.75) is 39.2 Å². The van der Waals surface area contributed by atoms with E-state index in [9.17, 15) is 4.79 Å². The lowest BCUT2D eigenvalue weighted by molar-refractivity contribution is 0.0525. The molecule has 0 aliphatic heterocycles. The van der Waals surface area contributed by atoms with Gasteiger partial charge in [-0.2, -0.15) is 0 Å². The number of alkyl carbamates (subject to hydrolysis) is 1. The van der Waals surface area contributed by atoms with E-state index in [4.69, 9.17) is 15.9 Å². The van der Waals surface area contributed by atoms with Crippen LogP contribution in [0.15, 0.2) is 0 Å². The Morgan fingerprint density at radius 1 is 1.38 bits per heavy atom. The SMILES string of the molecule is C#CCOCCCCNC(=O)OC(C)(C)C. The first kappa shape index (κ1) is 14.8. The third kappa shape index (κ3) is 10.9. The highest BCUT2D eigenvalue weighted by molar-refractivity contribution is 5.67. The Hall–Kier alpha value is -1.21. The minimum Gasteiger partial charge on any atom is -0.444 e. The number of carbonyl (C=O) groups is 1. The van der Waals surface area contributed by atoms with Gasteiger partial charge in [0.1, 0.15) is 12.2 Å². The van der Waals surface area contributed by atoms with Crippen LogP contribution in [0.3, 0.4) is 0 Å². The Kier molecular flexibility index (Phi) is 7.40. The van der Waals surface area contributed by atoms with Crippen LogP contribution in [0.25, 0.3) is 0 Å². The number of hydrogen-bond acceptors (Lipinski definition) is 3. The molecule has 1 N–H and O–H groups in total. The minimum atomic E-state index is -0.444. The van der Waals surface area contributed by atoms with E-state index < -0.39 is 5.60 Å². The summed E-state index contributed by atoms with van der Waals surface area (Å²) in [5.41, 5.74) is -0.444. The molecule has 0 atom stereocenters. The number of carbonyl (C=O) groups excluding carboxylic acids is 1. The lowest BCUT2D eigenvalue weighted by Gasteiger charge is -2.19. The van der Waals surface area contributed by atoms with Gasteiger partial charge in [0.05, 0.1) is 0 Å². The molecule has 92 valence electrons. The predicted octanol–water partition coefficient (Wildman–Crippen LogP) is 1.94. The van der Waals surface area contributed by atoms with Crippen molar-refractivity contribution < 1.29 is 14.3 Å². The number of hydrogen-bond donors (Lipinski definition) is 1. The van der Waals surface area contributed by atoms with Gasteiger partial charge >= 0.3 is 6.09 Å². The second kappa shape index (κ2) is 8.00. The fourth-order valence-corrected chi connectivity index (χ4v) is 0.965. The number of unbranched alkanes of at least 4 members (excludes halogenated alkanes) is 1. The van der Waals surface area contributed by atoms with Crippen LogP contribution >= 0.6 is 0 Å². The maximum atomic E-state index is 11.2. The zero-order valence-corrected chi connectivity index (χ0v) is 10.3. The first-order valence-corrected chi connectivity index (χ1v) is 5.44. The summed E-state index contributed by atoms with van der Waals surface area (Å²) in [6.45, 7) is 7.06. The Morgan fingerprint density at radius 3 is 2.62 bits per heavy atom. The minimum absolute atomic E-state index is 0.347. The van der Waals surface area contributed by atoms with Crippen molar-refractivity contribution in [2.75, 3.05) is 19.8 Å². The van der Waals surface area contributed by atoms with Crippen LogP contribution in [0.4, 0.5) is 4.79 Å². The first-order valence-electron chi connectivity index (χ1n) is 5.44. The van der Waals surface area contributed by atoms with Crippen LogP contribution in [-0.4, -0.2) is 31.5 Å². The molecular weight excluding hydrogens is 206 g/mol. The molecule has 0 radical (unpaired) electrons. The van der Waals surface area contributed by atoms with E-state index in [1.807, 2.05) is 20.8 Å². The summed E-state index contributed by atoms with van der Waals surface area (Å²) in [4.78, 5) is 11.2. The van der Waals surface area contributed by atoms with E-state index in [2.05, 4.69) is 11.2 Å². The van der Waals surface area contributed by atoms with Gasteiger partial charge in [-0.3, -0.25) is 0 Å². The lowest BCUT2D eigenvalue weighted by Crippen LogP contribution is -2.33. The van der Waals surface area contributed by atoms with Crippen molar-refractivity contribution in [2.24, 2.45) is 0 Å². The summed E-state index contributed by atoms with van der Waals surface area (Å²) in [7, 11) is 0. The fourth-order valence-electron chi connectivity index (χ4n) is 0.965. The maximum absolute atomic E-state index is 11.2. The summed E-state index contributed by atoms with van der Waals surface area (Å²) in [5, 5.41) is 2.67. The highest BCUT2D eigenvalue weighted by Gasteiger charge is 2.15. The Bertz CT molecular complexity index is 238. The summed E-state index contributed by atoms with van der Waals surface area (Å²) in [6.07, 6.45) is 6.37. The molecule has 0 saturated heterocycles. The van der Waals surface area contributed by atoms with Gasteiger partial charge in [0.15, 0.2) is 0 Å². The molecule has 0 bridgehead atoms. The van der Waals surface area contributed by atoms with Gasteiger partial charge in [0.2, 0.25) is 0 Å². The van der Waals surface area contributed by atoms with Gasteiger partial charge in [-0.05, 0) is 33.6 Å². The number of nitrogens with one attached hydrogen (secondary N) is 1. The Morgan fingerprint density at radius 2 is 2.06 bits per heavy atom. The second-order valence-corrected chi connectivity index (χ2v) is 4.39. The Labute approximate surface area is 97.7 Å². The Balaban J connectivity index is 3.32. The molecule has 0 aromatic rings. The molecule has 0 aliphatic rings. The lowest BCUT2D eigenvalue weighted by atomic mass is 10.2. The van der Waals surface area contributed by atoms with Crippen molar-refractivity contribution in [3.8, 4) is 12.3 Å². The monoisotopic (exact) mass is 227 g/mol. The van der Waals surface area contributed by atoms with Crippen LogP contribution < -0.4 is 5.32 Å². The molecule has 16 heavy (non-hydrogen) atoms. The molecule has 0 aromatic carbocycles. The normalized spacial score (nSPS) is 10.6. The number of amides is 1. The van der Waals surface area contributed by atoms with Gasteiger partial charge in [-0.25, -0.2) is 4.79 Å². The van der Waals surface area contributed by atoms with Gasteiger partial charge in [0, 0.05) is 13.2 Å². The average molecular weight is 227 g/mol. The van der Waals surface area contributed by atoms with Crippen LogP contribution in [0.1, 0.15) is 33.6 Å². The molecule has 0 unspecified atom stereocenters. The molecule has 0 spiro atoms. The van der Waals surface area contributed by atoms with Gasteiger partial charge in [-0.15, -0.1) is 6.42 Å². The van der Waals surface area contributed by atoms with E-state index in [-0.39, 0.29) is 6.09 Å². The number of ether oxygens (including phenoxy) is 2. The summed E-state index contributed by atoms with van der Waals surface area (Å²) in [6, 6.07) is 0. The topological polar surface area (TPSA) is 47.6 Å². The van der Waals surface area contributed by atoms with Crippen molar-refractivity contribution >= 4 is 6.09 Å². The molecule has 0 aromatic heterocycles. The van der Waals surface area contributed by atoms with Crippen LogP contribution in [0, 0.1) is 12.3 Å². The summed E-state index contributed by atoms with van der Waals surface area (Å²) >= 11 is 0. The quantitative estimate of drug-likeness (QED) is 0.557. The number of terminal acetylenes is 1. The maximum Gasteiger partial charge on any atom is 0.407 e. The average Bonchev–Trinajstić information content (AvgIpc) is 2.13. The molecule has 4 nitrogen and oxygen atoms in total. The second-order valence-electron chi connectivity index (χ2n) is 4.39. The molecule has 0 aliphatic carbocycles. The zero-order chi connectivity index (χ0) is 12.4. The highest BCUT2D eigenvalue weighted by atomic mass is 16.6. The van der Waals surface area contributed by atoms with Crippen LogP contribution in [0.2, 0.25) is 0 Å². The first-order chi connectivity index (χ1) is 7.45. The third-order valence-corrected chi connectivity index (χ3v) is 1.57. The molecule has 1 amide bonds. The largest absolute Gasteiger partial charge is 0.444 e. The standard InChI is InChI=1S/C12H21NO3/c1-5-9-15-10-7-6-8-13-11(14)16-12(2,3)4/h1H,6-10H2,2-4H3,(H,13,14). The van der Waals surface area contributed by atoms with Gasteiger partial charge < -0.3 is 14.8 Å².